The van der Waals surface area contributed by atoms with Gasteiger partial charge >= 0.3 is 12.1 Å². The van der Waals surface area contributed by atoms with E-state index < -0.39 is 46.5 Å². The monoisotopic (exact) mass is 657 g/mol. The summed E-state index contributed by atoms with van der Waals surface area (Å²) in [5.41, 5.74) is -0.407. The van der Waals surface area contributed by atoms with Crippen molar-refractivity contribution < 1.29 is 52.7 Å². The molecule has 18 heteroatoms. The predicted molar refractivity (Wildman–Crippen MR) is 155 cm³/mol. The number of nitrogens with zero attached hydrogens (tertiary/aromatic N) is 3. The number of nitro groups is 1. The summed E-state index contributed by atoms with van der Waals surface area (Å²) >= 11 is 5.42. The molecule has 1 fully saturated rings. The number of imide groups is 1. The molecule has 1 heterocycles. The molecule has 1 aromatic rings. The van der Waals surface area contributed by atoms with Crippen molar-refractivity contribution in [1.29, 1.82) is 0 Å². The number of alkyl carbamates (subject to hydrolysis) is 1. The first-order valence-corrected chi connectivity index (χ1v) is 14.4. The van der Waals surface area contributed by atoms with Crippen LogP contribution in [0.25, 0.3) is 0 Å². The smallest absolute Gasteiger partial charge is 0.407 e. The highest BCUT2D eigenvalue weighted by Crippen LogP contribution is 2.39. The van der Waals surface area contributed by atoms with E-state index in [-0.39, 0.29) is 87.0 Å². The molecule has 2 rings (SSSR count). The fraction of sp³-hybridized carbons (Fsp3) is 0.556. The van der Waals surface area contributed by atoms with E-state index >= 15 is 0 Å². The Morgan fingerprint density at radius 3 is 2.22 bits per heavy atom. The Morgan fingerprint density at radius 2 is 1.62 bits per heavy atom. The number of alkyl halides is 1. The maximum Gasteiger partial charge on any atom is 0.407 e. The van der Waals surface area contributed by atoms with Crippen LogP contribution in [0.3, 0.4) is 0 Å². The first kappa shape index (κ1) is 36.5. The van der Waals surface area contributed by atoms with Gasteiger partial charge in [0.05, 0.1) is 30.8 Å². The maximum absolute atomic E-state index is 12.7. The summed E-state index contributed by atoms with van der Waals surface area (Å²) in [6, 6.07) is 2.46. The molecule has 0 saturated carbocycles. The highest BCUT2D eigenvalue weighted by molar-refractivity contribution is 6.27. The molecule has 0 bridgehead atoms. The molecular formula is C27H36ClN5O12. The fourth-order valence-electron chi connectivity index (χ4n) is 4.14. The first-order chi connectivity index (χ1) is 21.4. The number of amides is 5. The minimum Gasteiger partial charge on any atom is -0.493 e. The summed E-state index contributed by atoms with van der Waals surface area (Å²) < 4.78 is 16.0. The Kier molecular flexibility index (Phi) is 14.8. The summed E-state index contributed by atoms with van der Waals surface area (Å²) in [7, 11) is 4.15. The van der Waals surface area contributed by atoms with Crippen LogP contribution in [-0.4, -0.2) is 97.4 Å². The summed E-state index contributed by atoms with van der Waals surface area (Å²) in [6.45, 7) is 0.0688. The third-order valence-electron chi connectivity index (χ3n) is 6.54. The zero-order valence-corrected chi connectivity index (χ0v) is 25.9. The molecule has 1 saturated heterocycles. The lowest BCUT2D eigenvalue weighted by Crippen LogP contribution is -2.36. The molecule has 1 aromatic carbocycles. The first-order valence-electron chi connectivity index (χ1n) is 13.9. The van der Waals surface area contributed by atoms with Gasteiger partial charge in [-0.05, 0) is 18.9 Å². The third kappa shape index (κ3) is 11.4. The summed E-state index contributed by atoms with van der Waals surface area (Å²) in [5, 5.41) is 17.3. The van der Waals surface area contributed by atoms with Gasteiger partial charge in [0.15, 0.2) is 11.5 Å². The van der Waals surface area contributed by atoms with Crippen molar-refractivity contribution in [2.75, 3.05) is 46.8 Å². The van der Waals surface area contributed by atoms with E-state index in [2.05, 4.69) is 10.6 Å². The molecule has 45 heavy (non-hydrogen) atoms. The number of methoxy groups -OCH3 is 2. The van der Waals surface area contributed by atoms with E-state index in [0.717, 1.165) is 6.07 Å². The van der Waals surface area contributed by atoms with Gasteiger partial charge in [-0.25, -0.2) is 9.59 Å². The largest absolute Gasteiger partial charge is 0.493 e. The molecule has 1 aliphatic heterocycles. The lowest BCUT2D eigenvalue weighted by molar-refractivity contribution is -0.386. The van der Waals surface area contributed by atoms with Gasteiger partial charge < -0.3 is 34.6 Å². The number of nitrogens with one attached hydrogen (secondary N) is 2. The zero-order chi connectivity index (χ0) is 33.5. The highest BCUT2D eigenvalue weighted by atomic mass is 35.5. The van der Waals surface area contributed by atoms with Gasteiger partial charge in [0, 0.05) is 58.8 Å². The summed E-state index contributed by atoms with van der Waals surface area (Å²) in [6.07, 6.45) is -1.73. The molecule has 0 aromatic heterocycles. The molecule has 1 atom stereocenters. The quantitative estimate of drug-likeness (QED) is 0.0759. The van der Waals surface area contributed by atoms with Crippen LogP contribution >= 0.6 is 11.6 Å². The molecule has 1 unspecified atom stereocenters. The van der Waals surface area contributed by atoms with Crippen LogP contribution in [0.5, 0.6) is 11.5 Å². The van der Waals surface area contributed by atoms with Crippen molar-refractivity contribution in [3.05, 3.63) is 27.8 Å². The normalized spacial score (nSPS) is 13.1. The van der Waals surface area contributed by atoms with Gasteiger partial charge in [0.1, 0.15) is 12.0 Å². The molecular weight excluding hydrogens is 622 g/mol. The van der Waals surface area contributed by atoms with Crippen molar-refractivity contribution in [1.82, 2.24) is 20.6 Å². The molecule has 0 spiro atoms. The van der Waals surface area contributed by atoms with Crippen molar-refractivity contribution in [3.8, 4) is 11.5 Å². The van der Waals surface area contributed by atoms with Gasteiger partial charge in [-0.1, -0.05) is 0 Å². The number of hydrogen-bond donors (Lipinski definition) is 2. The fourth-order valence-corrected chi connectivity index (χ4v) is 4.23. The van der Waals surface area contributed by atoms with Crippen LogP contribution in [0.4, 0.5) is 10.5 Å². The number of nitro benzene ring substituents is 1. The molecule has 248 valence electrons. The molecule has 0 aliphatic carbocycles. The van der Waals surface area contributed by atoms with Gasteiger partial charge in [0.2, 0.25) is 11.8 Å². The molecule has 2 N–H and O–H groups in total. The summed E-state index contributed by atoms with van der Waals surface area (Å²) in [4.78, 5) is 89.1. The second-order valence-corrected chi connectivity index (χ2v) is 9.95. The van der Waals surface area contributed by atoms with E-state index in [1.807, 2.05) is 0 Å². The zero-order valence-electron chi connectivity index (χ0n) is 25.1. The SMILES string of the molecule is COc1cc(C(CCN(C)C(=O)CCCCC(=O)ON2C(=O)CCC2=O)OC(=O)NCCNC(=O)CCl)c([N+](=O)[O-])cc1OC. The second-order valence-electron chi connectivity index (χ2n) is 9.68. The van der Waals surface area contributed by atoms with E-state index in [0.29, 0.717) is 11.5 Å². The van der Waals surface area contributed by atoms with Crippen LogP contribution in [0.2, 0.25) is 0 Å². The van der Waals surface area contributed by atoms with Crippen LogP contribution in [0, 0.1) is 10.1 Å². The van der Waals surface area contributed by atoms with Crippen molar-refractivity contribution in [2.45, 2.75) is 51.0 Å². The lowest BCUT2D eigenvalue weighted by Gasteiger charge is -2.23. The molecule has 17 nitrogen and oxygen atoms in total. The van der Waals surface area contributed by atoms with E-state index in [1.54, 1.807) is 0 Å². The lowest BCUT2D eigenvalue weighted by atomic mass is 10.0. The number of hydroxylamine groups is 2. The van der Waals surface area contributed by atoms with Gasteiger partial charge in [-0.2, -0.15) is 0 Å². The van der Waals surface area contributed by atoms with Gasteiger partial charge in [0.25, 0.3) is 17.5 Å². The average Bonchev–Trinajstić information content (AvgIpc) is 3.34. The Hall–Kier alpha value is -4.67. The Labute approximate surface area is 263 Å². The van der Waals surface area contributed by atoms with Gasteiger partial charge in [-0.15, -0.1) is 16.7 Å². The number of rotatable bonds is 18. The predicted octanol–water partition coefficient (Wildman–Crippen LogP) is 1.75. The van der Waals surface area contributed by atoms with Crippen LogP contribution < -0.4 is 20.1 Å². The number of carbonyl (C=O) groups excluding carboxylic acids is 6. The van der Waals surface area contributed by atoms with Crippen LogP contribution in [0.15, 0.2) is 12.1 Å². The van der Waals surface area contributed by atoms with Crippen LogP contribution in [0.1, 0.15) is 56.6 Å². The number of hydrogen-bond acceptors (Lipinski definition) is 12. The average molecular weight is 658 g/mol. The highest BCUT2D eigenvalue weighted by Gasteiger charge is 2.33. The minimum absolute atomic E-state index is 0.00225. The van der Waals surface area contributed by atoms with E-state index in [9.17, 15) is 38.9 Å². The minimum atomic E-state index is -1.20. The topological polar surface area (TPSA) is 213 Å². The maximum atomic E-state index is 12.7. The third-order valence-corrected chi connectivity index (χ3v) is 6.78. The Morgan fingerprint density at radius 1 is 1.02 bits per heavy atom. The molecule has 0 radical (unpaired) electrons. The van der Waals surface area contributed by atoms with E-state index in [4.69, 9.17) is 30.6 Å². The van der Waals surface area contributed by atoms with Crippen molar-refractivity contribution in [3.63, 3.8) is 0 Å². The number of carbonyl (C=O) groups is 6. The van der Waals surface area contributed by atoms with E-state index in [1.165, 1.54) is 32.2 Å². The number of halogens is 1. The Bertz CT molecular complexity index is 1260. The number of ether oxygens (including phenoxy) is 3. The molecule has 1 aliphatic rings. The number of benzene rings is 1. The van der Waals surface area contributed by atoms with Gasteiger partial charge in [-0.3, -0.25) is 29.3 Å². The second kappa shape index (κ2) is 18.2. The van der Waals surface area contributed by atoms with Crippen molar-refractivity contribution in [2.24, 2.45) is 0 Å². The Balaban J connectivity index is 2.03. The standard InChI is InChI=1S/C27H36ClN5O12/c1-31(23(35)6-4-5-7-26(38)45-32-24(36)8-9-25(32)37)13-10-19(44-27(39)30-12-11-29-22(34)16-28)17-14-20(42-2)21(43-3)15-18(17)33(40)41/h14-15,19H,4-13,16H2,1-3H3,(H,29,34)(H,30,39). The van der Waals surface area contributed by atoms with Crippen LogP contribution in [-0.2, 0) is 33.5 Å². The number of unbranched alkanes of at least 4 members (excludes halogenated alkanes) is 1. The molecule has 5 amide bonds. The summed E-state index contributed by atoms with van der Waals surface area (Å²) in [5.74, 6) is -2.70. The van der Waals surface area contributed by atoms with Crippen molar-refractivity contribution >= 4 is 53.0 Å².